The zero-order valence-corrected chi connectivity index (χ0v) is 20.7. The third kappa shape index (κ3) is 4.53. The maximum Gasteiger partial charge on any atom is 0.325 e. The second-order valence-corrected chi connectivity index (χ2v) is 11.4. The largest absolute Gasteiger partial charge is 0.325 e. The van der Waals surface area contributed by atoms with Crippen LogP contribution in [-0.2, 0) is 15.0 Å². The van der Waals surface area contributed by atoms with Crippen molar-refractivity contribution in [2.45, 2.75) is 71.8 Å². The van der Waals surface area contributed by atoms with Crippen LogP contribution in [0.1, 0.15) is 66.5 Å². The fourth-order valence-electron chi connectivity index (χ4n) is 5.37. The summed E-state index contributed by atoms with van der Waals surface area (Å²) >= 11 is 0. The maximum atomic E-state index is 13.4. The Morgan fingerprint density at radius 3 is 2.50 bits per heavy atom. The molecule has 10 heteroatoms. The van der Waals surface area contributed by atoms with Crippen molar-refractivity contribution in [3.05, 3.63) is 30.2 Å². The Morgan fingerprint density at radius 2 is 1.88 bits per heavy atom. The smallest absolute Gasteiger partial charge is 0.323 e. The summed E-state index contributed by atoms with van der Waals surface area (Å²) in [5, 5.41) is 10.3. The fourth-order valence-corrected chi connectivity index (χ4v) is 5.37. The van der Waals surface area contributed by atoms with E-state index in [1.54, 1.807) is 24.5 Å². The van der Waals surface area contributed by atoms with Crippen LogP contribution in [-0.4, -0.2) is 54.6 Å². The second-order valence-electron chi connectivity index (χ2n) is 11.4. The highest BCUT2D eigenvalue weighted by atomic mass is 16.2. The normalized spacial score (nSPS) is 24.4. The van der Waals surface area contributed by atoms with Gasteiger partial charge in [0, 0.05) is 23.9 Å². The van der Waals surface area contributed by atoms with E-state index in [9.17, 15) is 14.4 Å². The standard InChI is InChI=1S/C24H33N7O3/c1-15-11-23(5,6)14-24(12-15)19(33)30(21(34)28-24)13-18(32)27-17-10-16(22(2,3)4)29-31(17)20-25-8-7-9-26-20/h7-10,15H,11-14H2,1-6H3,(H,27,32)(H,28,34). The molecule has 1 spiro atoms. The summed E-state index contributed by atoms with van der Waals surface area (Å²) in [5.41, 5.74) is -0.564. The fraction of sp³-hybridized carbons (Fsp3) is 0.583. The van der Waals surface area contributed by atoms with Crippen molar-refractivity contribution >= 4 is 23.7 Å². The van der Waals surface area contributed by atoms with Crippen LogP contribution in [0.2, 0.25) is 0 Å². The van der Waals surface area contributed by atoms with E-state index in [1.807, 2.05) is 20.8 Å². The van der Waals surface area contributed by atoms with E-state index in [4.69, 9.17) is 0 Å². The topological polar surface area (TPSA) is 122 Å². The molecule has 1 aliphatic carbocycles. The first kappa shape index (κ1) is 23.8. The summed E-state index contributed by atoms with van der Waals surface area (Å²) < 4.78 is 1.46. The van der Waals surface area contributed by atoms with Gasteiger partial charge in [0.05, 0.1) is 5.69 Å². The van der Waals surface area contributed by atoms with E-state index in [-0.39, 0.29) is 29.2 Å². The first-order valence-electron chi connectivity index (χ1n) is 11.6. The molecule has 3 heterocycles. The lowest BCUT2D eigenvalue weighted by Gasteiger charge is -2.43. The Labute approximate surface area is 199 Å². The molecule has 2 aromatic rings. The minimum atomic E-state index is -0.947. The number of hydrogen-bond donors (Lipinski definition) is 2. The molecule has 2 atom stereocenters. The first-order valence-corrected chi connectivity index (χ1v) is 11.6. The number of nitrogens with one attached hydrogen (secondary N) is 2. The zero-order valence-electron chi connectivity index (χ0n) is 20.7. The average molecular weight is 468 g/mol. The highest BCUT2D eigenvalue weighted by Crippen LogP contribution is 2.46. The molecule has 34 heavy (non-hydrogen) atoms. The summed E-state index contributed by atoms with van der Waals surface area (Å²) in [7, 11) is 0. The number of nitrogens with zero attached hydrogens (tertiary/aromatic N) is 5. The SMILES string of the molecule is CC1CC(C)(C)CC2(C1)NC(=O)N(CC(=O)Nc1cc(C(C)(C)C)nn1-c1ncccn1)C2=O. The molecule has 1 saturated heterocycles. The van der Waals surface area contributed by atoms with Gasteiger partial charge in [-0.25, -0.2) is 14.8 Å². The van der Waals surface area contributed by atoms with Gasteiger partial charge in [0.1, 0.15) is 17.9 Å². The number of carbonyl (C=O) groups excluding carboxylic acids is 3. The molecule has 10 nitrogen and oxygen atoms in total. The number of anilines is 1. The summed E-state index contributed by atoms with van der Waals surface area (Å²) in [6, 6.07) is 2.92. The van der Waals surface area contributed by atoms with Gasteiger partial charge in [-0.3, -0.25) is 14.5 Å². The molecule has 1 aliphatic heterocycles. The first-order chi connectivity index (χ1) is 15.8. The van der Waals surface area contributed by atoms with E-state index >= 15 is 0 Å². The lowest BCUT2D eigenvalue weighted by molar-refractivity contribution is -0.136. The predicted octanol–water partition coefficient (Wildman–Crippen LogP) is 3.04. The highest BCUT2D eigenvalue weighted by molar-refractivity contribution is 6.10. The molecular formula is C24H33N7O3. The number of imide groups is 1. The summed E-state index contributed by atoms with van der Waals surface area (Å²) in [4.78, 5) is 48.6. The van der Waals surface area contributed by atoms with Crippen molar-refractivity contribution in [1.82, 2.24) is 30.0 Å². The van der Waals surface area contributed by atoms with Crippen molar-refractivity contribution in [3.8, 4) is 5.95 Å². The maximum absolute atomic E-state index is 13.4. The van der Waals surface area contributed by atoms with Crippen LogP contribution >= 0.6 is 0 Å². The van der Waals surface area contributed by atoms with Gasteiger partial charge in [-0.05, 0) is 36.7 Å². The lowest BCUT2D eigenvalue weighted by Crippen LogP contribution is -2.54. The Bertz CT molecular complexity index is 1120. The van der Waals surface area contributed by atoms with Crippen LogP contribution in [0.4, 0.5) is 10.6 Å². The molecule has 2 fully saturated rings. The minimum Gasteiger partial charge on any atom is -0.323 e. The predicted molar refractivity (Wildman–Crippen MR) is 126 cm³/mol. The van der Waals surface area contributed by atoms with E-state index < -0.39 is 17.5 Å². The Morgan fingerprint density at radius 1 is 1.21 bits per heavy atom. The Hall–Kier alpha value is -3.30. The highest BCUT2D eigenvalue weighted by Gasteiger charge is 2.56. The van der Waals surface area contributed by atoms with Gasteiger partial charge in [-0.2, -0.15) is 9.78 Å². The van der Waals surface area contributed by atoms with Gasteiger partial charge < -0.3 is 10.6 Å². The zero-order chi connectivity index (χ0) is 24.9. The van der Waals surface area contributed by atoms with Crippen LogP contribution in [0.5, 0.6) is 0 Å². The molecule has 2 aromatic heterocycles. The molecular weight excluding hydrogens is 434 g/mol. The van der Waals surface area contributed by atoms with Crippen molar-refractivity contribution in [2.24, 2.45) is 11.3 Å². The molecule has 182 valence electrons. The quantitative estimate of drug-likeness (QED) is 0.667. The summed E-state index contributed by atoms with van der Waals surface area (Å²) in [6.45, 7) is 12.0. The van der Waals surface area contributed by atoms with E-state index in [2.05, 4.69) is 46.5 Å². The third-order valence-corrected chi connectivity index (χ3v) is 6.41. The molecule has 2 aliphatic rings. The molecule has 2 N–H and O–H groups in total. The van der Waals surface area contributed by atoms with Gasteiger partial charge in [-0.1, -0.05) is 41.5 Å². The molecule has 0 aromatic carbocycles. The van der Waals surface area contributed by atoms with Crippen LogP contribution in [0.25, 0.3) is 5.95 Å². The lowest BCUT2D eigenvalue weighted by atomic mass is 9.64. The third-order valence-electron chi connectivity index (χ3n) is 6.41. The number of amides is 4. The van der Waals surface area contributed by atoms with Crippen molar-refractivity contribution in [3.63, 3.8) is 0 Å². The number of aromatic nitrogens is 4. The number of hydrogen-bond acceptors (Lipinski definition) is 6. The number of rotatable bonds is 4. The second kappa shape index (κ2) is 8.18. The van der Waals surface area contributed by atoms with Gasteiger partial charge in [0.15, 0.2) is 0 Å². The van der Waals surface area contributed by atoms with Crippen LogP contribution < -0.4 is 10.6 Å². The molecule has 0 radical (unpaired) electrons. The van der Waals surface area contributed by atoms with Gasteiger partial charge in [-0.15, -0.1) is 0 Å². The molecule has 4 amide bonds. The van der Waals surface area contributed by atoms with Crippen molar-refractivity contribution < 1.29 is 14.4 Å². The van der Waals surface area contributed by atoms with Gasteiger partial charge in [0.2, 0.25) is 5.91 Å². The van der Waals surface area contributed by atoms with Crippen LogP contribution in [0.3, 0.4) is 0 Å². The summed E-state index contributed by atoms with van der Waals surface area (Å²) in [6.07, 6.45) is 5.30. The molecule has 1 saturated carbocycles. The molecule has 2 unspecified atom stereocenters. The average Bonchev–Trinajstić information content (AvgIpc) is 3.22. The van der Waals surface area contributed by atoms with Crippen molar-refractivity contribution in [2.75, 3.05) is 11.9 Å². The van der Waals surface area contributed by atoms with E-state index in [0.717, 1.165) is 17.0 Å². The van der Waals surface area contributed by atoms with Gasteiger partial charge in [0.25, 0.3) is 11.9 Å². The van der Waals surface area contributed by atoms with E-state index in [0.29, 0.717) is 24.6 Å². The number of urea groups is 1. The Balaban J connectivity index is 1.55. The molecule has 0 bridgehead atoms. The molecule has 4 rings (SSSR count). The van der Waals surface area contributed by atoms with Crippen LogP contribution in [0.15, 0.2) is 24.5 Å². The monoisotopic (exact) mass is 467 g/mol. The van der Waals surface area contributed by atoms with Crippen molar-refractivity contribution in [1.29, 1.82) is 0 Å². The summed E-state index contributed by atoms with van der Waals surface area (Å²) in [5.74, 6) is 0.137. The van der Waals surface area contributed by atoms with Crippen LogP contribution in [0, 0.1) is 11.3 Å². The van der Waals surface area contributed by atoms with E-state index in [1.165, 1.54) is 4.68 Å². The number of carbonyl (C=O) groups is 3. The van der Waals surface area contributed by atoms with Gasteiger partial charge >= 0.3 is 6.03 Å². The minimum absolute atomic E-state index is 0.0790. The Kier molecular flexibility index (Phi) is 5.73.